The monoisotopic (exact) mass is 237 g/mol. The third-order valence-electron chi connectivity index (χ3n) is 2.11. The molecule has 1 N–H and O–H groups in total. The van der Waals surface area contributed by atoms with Crippen LogP contribution in [0.1, 0.15) is 18.4 Å². The van der Waals surface area contributed by atoms with Crippen molar-refractivity contribution in [3.05, 3.63) is 29.8 Å². The van der Waals surface area contributed by atoms with E-state index in [-0.39, 0.29) is 11.8 Å². The molecule has 0 saturated heterocycles. The van der Waals surface area contributed by atoms with Crippen LogP contribution in [0.2, 0.25) is 0 Å². The quantitative estimate of drug-likeness (QED) is 0.271. The Kier molecular flexibility index (Phi) is 3.71. The van der Waals surface area contributed by atoms with Gasteiger partial charge in [-0.25, -0.2) is 4.89 Å². The predicted octanol–water partition coefficient (Wildman–Crippen LogP) is 2.37. The second-order valence-corrected chi connectivity index (χ2v) is 4.28. The van der Waals surface area contributed by atoms with E-state index in [4.69, 9.17) is 14.6 Å². The second kappa shape index (κ2) is 5.25. The summed E-state index contributed by atoms with van der Waals surface area (Å²) in [5.74, 6) is 0. The molecule has 0 bridgehead atoms. The Morgan fingerprint density at radius 1 is 1.38 bits per heavy atom. The van der Waals surface area contributed by atoms with Gasteiger partial charge in [-0.05, 0) is 25.0 Å². The van der Waals surface area contributed by atoms with Gasteiger partial charge in [-0.15, -0.1) is 0 Å². The fourth-order valence-electron chi connectivity index (χ4n) is 1.04. The zero-order valence-corrected chi connectivity index (χ0v) is 9.33. The summed E-state index contributed by atoms with van der Waals surface area (Å²) in [6.45, 7) is 0. The molecule has 2 rings (SSSR count). The molecule has 5 heteroatoms. The Morgan fingerprint density at radius 2 is 2.06 bits per heavy atom. The highest BCUT2D eigenvalue weighted by Crippen LogP contribution is 2.28. The standard InChI is InChI=1S/C11H11NO3S/c12-11(7-13)8-1-5-10(6-2-8)16-15-14-9-3-4-9/h1-2,5-7,9,12H,3-4H2. The van der Waals surface area contributed by atoms with Gasteiger partial charge in [0.1, 0.15) is 5.71 Å². The van der Waals surface area contributed by atoms with Gasteiger partial charge < -0.3 is 0 Å². The number of carbonyl (C=O) groups is 1. The Hall–Kier alpha value is -1.17. The van der Waals surface area contributed by atoms with E-state index in [1.807, 2.05) is 0 Å². The van der Waals surface area contributed by atoms with Crippen LogP contribution in [-0.4, -0.2) is 18.1 Å². The fourth-order valence-corrected chi connectivity index (χ4v) is 1.51. The second-order valence-electron chi connectivity index (χ2n) is 3.50. The minimum Gasteiger partial charge on any atom is -0.297 e. The molecule has 1 aliphatic carbocycles. The molecule has 0 heterocycles. The minimum atomic E-state index is -0.0216. The molecular formula is C11H11NO3S. The number of benzene rings is 1. The maximum atomic E-state index is 10.4. The summed E-state index contributed by atoms with van der Waals surface area (Å²) in [7, 11) is 0. The third-order valence-corrected chi connectivity index (χ3v) is 2.72. The molecule has 1 fully saturated rings. The van der Waals surface area contributed by atoms with Crippen LogP contribution in [0.5, 0.6) is 0 Å². The molecule has 1 aromatic rings. The van der Waals surface area contributed by atoms with E-state index in [1.165, 1.54) is 0 Å². The number of rotatable bonds is 6. The number of nitrogens with one attached hydrogen (secondary N) is 1. The summed E-state index contributed by atoms with van der Waals surface area (Å²) in [5.41, 5.74) is 0.578. The highest BCUT2D eigenvalue weighted by molar-refractivity contribution is 7.94. The summed E-state index contributed by atoms with van der Waals surface area (Å²) in [4.78, 5) is 16.3. The molecule has 16 heavy (non-hydrogen) atoms. The molecule has 0 atom stereocenters. The van der Waals surface area contributed by atoms with Crippen LogP contribution in [0, 0.1) is 5.41 Å². The van der Waals surface area contributed by atoms with Crippen molar-refractivity contribution in [3.8, 4) is 0 Å². The fraction of sp³-hybridized carbons (Fsp3) is 0.273. The van der Waals surface area contributed by atoms with Gasteiger partial charge in [0.05, 0.1) is 18.1 Å². The molecule has 0 aliphatic heterocycles. The van der Waals surface area contributed by atoms with Crippen LogP contribution in [-0.2, 0) is 14.0 Å². The van der Waals surface area contributed by atoms with E-state index in [0.717, 1.165) is 29.8 Å². The molecule has 0 aromatic heterocycles. The van der Waals surface area contributed by atoms with Crippen molar-refractivity contribution in [1.82, 2.24) is 0 Å². The Balaban J connectivity index is 1.85. The van der Waals surface area contributed by atoms with E-state index in [2.05, 4.69) is 0 Å². The van der Waals surface area contributed by atoms with E-state index >= 15 is 0 Å². The number of carbonyl (C=O) groups excluding carboxylic acids is 1. The Morgan fingerprint density at radius 3 is 2.62 bits per heavy atom. The van der Waals surface area contributed by atoms with Gasteiger partial charge in [-0.1, -0.05) is 12.1 Å². The van der Waals surface area contributed by atoms with E-state index in [9.17, 15) is 4.79 Å². The van der Waals surface area contributed by atoms with E-state index in [1.54, 1.807) is 24.3 Å². The summed E-state index contributed by atoms with van der Waals surface area (Å²) in [6, 6.07) is 6.99. The van der Waals surface area contributed by atoms with Crippen LogP contribution in [0.15, 0.2) is 29.2 Å². The first-order valence-corrected chi connectivity index (χ1v) is 5.68. The van der Waals surface area contributed by atoms with Crippen molar-refractivity contribution in [1.29, 1.82) is 5.41 Å². The largest absolute Gasteiger partial charge is 0.297 e. The lowest BCUT2D eigenvalue weighted by atomic mass is 10.1. The van der Waals surface area contributed by atoms with Crippen molar-refractivity contribution in [2.24, 2.45) is 0 Å². The molecule has 4 nitrogen and oxygen atoms in total. The lowest BCUT2D eigenvalue weighted by molar-refractivity contribution is -0.201. The van der Waals surface area contributed by atoms with Crippen LogP contribution < -0.4 is 0 Å². The summed E-state index contributed by atoms with van der Waals surface area (Å²) < 4.78 is 4.96. The molecule has 84 valence electrons. The topological polar surface area (TPSA) is 59.4 Å². The van der Waals surface area contributed by atoms with Crippen molar-refractivity contribution < 1.29 is 14.0 Å². The van der Waals surface area contributed by atoms with Crippen LogP contribution in [0.4, 0.5) is 0 Å². The van der Waals surface area contributed by atoms with Gasteiger partial charge >= 0.3 is 0 Å². The molecule has 0 amide bonds. The van der Waals surface area contributed by atoms with Gasteiger partial charge in [-0.3, -0.25) is 10.2 Å². The average molecular weight is 237 g/mol. The average Bonchev–Trinajstić information content (AvgIpc) is 3.13. The molecule has 0 unspecified atom stereocenters. The number of hydrogen-bond acceptors (Lipinski definition) is 5. The first-order valence-electron chi connectivity index (χ1n) is 4.94. The highest BCUT2D eigenvalue weighted by atomic mass is 32.2. The lowest BCUT2D eigenvalue weighted by Gasteiger charge is -2.01. The molecule has 1 aliphatic rings. The first-order chi connectivity index (χ1) is 7.79. The predicted molar refractivity (Wildman–Crippen MR) is 60.4 cm³/mol. The van der Waals surface area contributed by atoms with Gasteiger partial charge in [-0.2, -0.15) is 4.33 Å². The maximum absolute atomic E-state index is 10.4. The summed E-state index contributed by atoms with van der Waals surface area (Å²) in [6.07, 6.45) is 2.91. The molecule has 1 saturated carbocycles. The van der Waals surface area contributed by atoms with Gasteiger partial charge in [0.25, 0.3) is 0 Å². The number of aldehydes is 1. The first kappa shape index (κ1) is 11.3. The zero-order chi connectivity index (χ0) is 11.4. The van der Waals surface area contributed by atoms with E-state index < -0.39 is 0 Å². The molecule has 1 aromatic carbocycles. The van der Waals surface area contributed by atoms with Crippen LogP contribution in [0.25, 0.3) is 0 Å². The Bertz CT molecular complexity index is 387. The maximum Gasteiger partial charge on any atom is 0.168 e. The van der Waals surface area contributed by atoms with Crippen molar-refractivity contribution in [3.63, 3.8) is 0 Å². The van der Waals surface area contributed by atoms with Crippen LogP contribution in [0.3, 0.4) is 0 Å². The summed E-state index contributed by atoms with van der Waals surface area (Å²) >= 11 is 1.14. The minimum absolute atomic E-state index is 0.0216. The zero-order valence-electron chi connectivity index (χ0n) is 8.51. The molecular weight excluding hydrogens is 226 g/mol. The number of hydrogen-bond donors (Lipinski definition) is 1. The smallest absolute Gasteiger partial charge is 0.168 e. The molecule has 0 spiro atoms. The van der Waals surface area contributed by atoms with E-state index in [0.29, 0.717) is 11.8 Å². The van der Waals surface area contributed by atoms with Gasteiger partial charge in [0, 0.05) is 10.5 Å². The van der Waals surface area contributed by atoms with Crippen LogP contribution >= 0.6 is 12.0 Å². The highest BCUT2D eigenvalue weighted by Gasteiger charge is 2.23. The summed E-state index contributed by atoms with van der Waals surface area (Å²) in [5, 5.41) is 7.32. The van der Waals surface area contributed by atoms with Crippen molar-refractivity contribution in [2.45, 2.75) is 23.8 Å². The van der Waals surface area contributed by atoms with Gasteiger partial charge in [0.2, 0.25) is 0 Å². The lowest BCUT2D eigenvalue weighted by Crippen LogP contribution is -1.98. The normalized spacial score (nSPS) is 14.8. The Labute approximate surface area is 97.6 Å². The third kappa shape index (κ3) is 3.16. The van der Waals surface area contributed by atoms with Gasteiger partial charge in [0.15, 0.2) is 6.29 Å². The van der Waals surface area contributed by atoms with Crippen molar-refractivity contribution in [2.75, 3.05) is 0 Å². The molecule has 0 radical (unpaired) electrons. The SMILES string of the molecule is N=C(C=O)c1ccc(SOOC2CC2)cc1. The van der Waals surface area contributed by atoms with Crippen molar-refractivity contribution >= 4 is 24.0 Å².